The van der Waals surface area contributed by atoms with Crippen molar-refractivity contribution < 1.29 is 8.78 Å². The van der Waals surface area contributed by atoms with Crippen molar-refractivity contribution in [1.29, 1.82) is 0 Å². The number of hydrogen-bond donors (Lipinski definition) is 1. The smallest absolute Gasteiger partial charge is 0.130 e. The molecule has 1 aromatic carbocycles. The maximum Gasteiger partial charge on any atom is 0.130 e. The van der Waals surface area contributed by atoms with Crippen LogP contribution in [0, 0.1) is 17.6 Å². The molecule has 0 radical (unpaired) electrons. The second kappa shape index (κ2) is 6.64. The van der Waals surface area contributed by atoms with E-state index in [0.29, 0.717) is 11.5 Å². The van der Waals surface area contributed by atoms with Gasteiger partial charge in [-0.25, -0.2) is 8.78 Å². The van der Waals surface area contributed by atoms with Gasteiger partial charge < -0.3 is 5.73 Å². The van der Waals surface area contributed by atoms with E-state index in [4.69, 9.17) is 5.73 Å². The summed E-state index contributed by atoms with van der Waals surface area (Å²) in [5, 5.41) is 0. The lowest BCUT2D eigenvalue weighted by atomic mass is 9.95. The number of rotatable bonds is 3. The van der Waals surface area contributed by atoms with Gasteiger partial charge in [-0.05, 0) is 31.4 Å². The van der Waals surface area contributed by atoms with Gasteiger partial charge in [0.2, 0.25) is 0 Å². The fraction of sp³-hybridized carbons (Fsp3) is 0.625. The zero-order valence-corrected chi connectivity index (χ0v) is 12.3. The van der Waals surface area contributed by atoms with Crippen molar-refractivity contribution in [2.45, 2.75) is 45.2 Å². The molecule has 2 rings (SSSR count). The van der Waals surface area contributed by atoms with E-state index < -0.39 is 11.6 Å². The molecule has 0 saturated carbocycles. The highest BCUT2D eigenvalue weighted by Gasteiger charge is 2.31. The number of likely N-dealkylation sites (tertiary alicyclic amines) is 1. The maximum absolute atomic E-state index is 14.1. The Labute approximate surface area is 120 Å². The van der Waals surface area contributed by atoms with Crippen LogP contribution in [0.15, 0.2) is 18.2 Å². The molecule has 1 aliphatic rings. The number of nitrogens with two attached hydrogens (primary N) is 1. The molecule has 20 heavy (non-hydrogen) atoms. The van der Waals surface area contributed by atoms with Crippen molar-refractivity contribution in [2.75, 3.05) is 13.1 Å². The van der Waals surface area contributed by atoms with Crippen LogP contribution in [0.2, 0.25) is 0 Å². The first-order chi connectivity index (χ1) is 9.49. The molecule has 0 amide bonds. The van der Waals surface area contributed by atoms with Crippen molar-refractivity contribution in [1.82, 2.24) is 4.90 Å². The highest BCUT2D eigenvalue weighted by atomic mass is 19.1. The van der Waals surface area contributed by atoms with Gasteiger partial charge in [-0.15, -0.1) is 0 Å². The van der Waals surface area contributed by atoms with E-state index in [9.17, 15) is 8.78 Å². The van der Waals surface area contributed by atoms with E-state index in [1.807, 2.05) is 0 Å². The van der Waals surface area contributed by atoms with Gasteiger partial charge in [0, 0.05) is 24.2 Å². The van der Waals surface area contributed by atoms with Crippen LogP contribution in [-0.4, -0.2) is 24.0 Å². The molecule has 0 bridgehead atoms. The summed E-state index contributed by atoms with van der Waals surface area (Å²) in [4.78, 5) is 2.26. The van der Waals surface area contributed by atoms with Crippen molar-refractivity contribution in [3.63, 3.8) is 0 Å². The molecule has 1 aliphatic heterocycles. The summed E-state index contributed by atoms with van der Waals surface area (Å²) in [6.07, 6.45) is 3.03. The molecule has 2 atom stereocenters. The molecule has 1 heterocycles. The van der Waals surface area contributed by atoms with Crippen LogP contribution in [0.4, 0.5) is 8.78 Å². The first-order valence-electron chi connectivity index (χ1n) is 7.43. The average molecular weight is 282 g/mol. The van der Waals surface area contributed by atoms with Crippen LogP contribution in [-0.2, 0) is 0 Å². The third-order valence-electron chi connectivity index (χ3n) is 3.91. The Morgan fingerprint density at radius 2 is 2.05 bits per heavy atom. The molecule has 2 nitrogen and oxygen atoms in total. The third-order valence-corrected chi connectivity index (χ3v) is 3.91. The maximum atomic E-state index is 14.1. The highest BCUT2D eigenvalue weighted by molar-refractivity contribution is 5.24. The van der Waals surface area contributed by atoms with Gasteiger partial charge in [0.1, 0.15) is 11.6 Å². The van der Waals surface area contributed by atoms with Crippen molar-refractivity contribution in [3.05, 3.63) is 35.4 Å². The Kier molecular flexibility index (Phi) is 5.11. The molecular weight excluding hydrogens is 258 g/mol. The van der Waals surface area contributed by atoms with E-state index in [-0.39, 0.29) is 12.1 Å². The van der Waals surface area contributed by atoms with E-state index in [2.05, 4.69) is 18.7 Å². The van der Waals surface area contributed by atoms with Crippen LogP contribution in [0.1, 0.15) is 44.7 Å². The van der Waals surface area contributed by atoms with Crippen LogP contribution in [0.5, 0.6) is 0 Å². The van der Waals surface area contributed by atoms with Crippen LogP contribution >= 0.6 is 0 Å². The standard InChI is InChI=1S/C16H24F2N2/c1-11(2)10-20-8-4-3-5-15(19)16(20)13-7-6-12(17)9-14(13)18/h6-7,9,11,15-16H,3-5,8,10,19H2,1-2H3. The molecule has 2 unspecified atom stereocenters. The summed E-state index contributed by atoms with van der Waals surface area (Å²) in [5.74, 6) is -0.531. The molecule has 0 aliphatic carbocycles. The zero-order chi connectivity index (χ0) is 14.7. The van der Waals surface area contributed by atoms with Gasteiger partial charge in [-0.3, -0.25) is 4.90 Å². The fourth-order valence-corrected chi connectivity index (χ4v) is 3.11. The number of halogens is 2. The third kappa shape index (κ3) is 3.55. The second-order valence-electron chi connectivity index (χ2n) is 6.16. The molecule has 1 aromatic rings. The fourth-order valence-electron chi connectivity index (χ4n) is 3.11. The Morgan fingerprint density at radius 1 is 1.30 bits per heavy atom. The number of nitrogens with zero attached hydrogens (tertiary/aromatic N) is 1. The van der Waals surface area contributed by atoms with Gasteiger partial charge >= 0.3 is 0 Å². The van der Waals surface area contributed by atoms with E-state index in [1.165, 1.54) is 6.07 Å². The Hall–Kier alpha value is -1.00. The molecule has 2 N–H and O–H groups in total. The lowest BCUT2D eigenvalue weighted by Gasteiger charge is -2.35. The SMILES string of the molecule is CC(C)CN1CCCCC(N)C1c1ccc(F)cc1F. The Morgan fingerprint density at radius 3 is 2.70 bits per heavy atom. The summed E-state index contributed by atoms with van der Waals surface area (Å²) in [5.41, 5.74) is 6.81. The number of hydrogen-bond acceptors (Lipinski definition) is 2. The molecular formula is C16H24F2N2. The predicted molar refractivity (Wildman–Crippen MR) is 77.3 cm³/mol. The predicted octanol–water partition coefficient (Wildman–Crippen LogP) is 3.48. The number of benzene rings is 1. The summed E-state index contributed by atoms with van der Waals surface area (Å²) < 4.78 is 27.2. The van der Waals surface area contributed by atoms with Crippen LogP contribution in [0.3, 0.4) is 0 Å². The lowest BCUT2D eigenvalue weighted by molar-refractivity contribution is 0.162. The summed E-state index contributed by atoms with van der Waals surface area (Å²) >= 11 is 0. The average Bonchev–Trinajstić information content (AvgIpc) is 2.52. The topological polar surface area (TPSA) is 29.3 Å². The van der Waals surface area contributed by atoms with Crippen molar-refractivity contribution >= 4 is 0 Å². The van der Waals surface area contributed by atoms with Gasteiger partial charge in [-0.2, -0.15) is 0 Å². The minimum Gasteiger partial charge on any atom is -0.326 e. The lowest BCUT2D eigenvalue weighted by Crippen LogP contribution is -2.41. The summed E-state index contributed by atoms with van der Waals surface area (Å²) in [7, 11) is 0. The van der Waals surface area contributed by atoms with Gasteiger partial charge in [0.05, 0.1) is 6.04 Å². The second-order valence-corrected chi connectivity index (χ2v) is 6.16. The minimum absolute atomic E-state index is 0.101. The highest BCUT2D eigenvalue weighted by Crippen LogP contribution is 2.31. The molecule has 1 fully saturated rings. The Bertz CT molecular complexity index is 448. The van der Waals surface area contributed by atoms with Gasteiger partial charge in [-0.1, -0.05) is 26.3 Å². The van der Waals surface area contributed by atoms with Crippen molar-refractivity contribution in [3.8, 4) is 0 Å². The van der Waals surface area contributed by atoms with Crippen LogP contribution in [0.25, 0.3) is 0 Å². The quantitative estimate of drug-likeness (QED) is 0.919. The van der Waals surface area contributed by atoms with Gasteiger partial charge in [0.15, 0.2) is 0 Å². The first kappa shape index (κ1) is 15.4. The molecule has 0 spiro atoms. The zero-order valence-electron chi connectivity index (χ0n) is 12.3. The molecule has 112 valence electrons. The van der Waals surface area contributed by atoms with E-state index >= 15 is 0 Å². The summed E-state index contributed by atoms with van der Waals surface area (Å²) in [6.45, 7) is 6.10. The van der Waals surface area contributed by atoms with Gasteiger partial charge in [0.25, 0.3) is 0 Å². The summed E-state index contributed by atoms with van der Waals surface area (Å²) in [6, 6.07) is 3.58. The molecule has 4 heteroatoms. The Balaban J connectivity index is 2.34. The normalized spacial score (nSPS) is 24.9. The first-order valence-corrected chi connectivity index (χ1v) is 7.43. The molecule has 1 saturated heterocycles. The monoisotopic (exact) mass is 282 g/mol. The van der Waals surface area contributed by atoms with E-state index in [0.717, 1.165) is 38.4 Å². The minimum atomic E-state index is -0.538. The molecule has 0 aromatic heterocycles. The van der Waals surface area contributed by atoms with Crippen molar-refractivity contribution in [2.24, 2.45) is 11.7 Å². The van der Waals surface area contributed by atoms with E-state index in [1.54, 1.807) is 6.07 Å². The van der Waals surface area contributed by atoms with Crippen LogP contribution < -0.4 is 5.73 Å². The largest absolute Gasteiger partial charge is 0.326 e.